The molecule has 0 saturated carbocycles. The molecule has 1 heteroatoms. The van der Waals surface area contributed by atoms with E-state index < -0.39 is 0 Å². The quantitative estimate of drug-likeness (QED) is 0.483. The Bertz CT molecular complexity index is 110. The molecule has 8 heavy (non-hydrogen) atoms. The molecule has 2 atom stereocenters. The van der Waals surface area contributed by atoms with Crippen molar-refractivity contribution in [3.05, 3.63) is 0 Å². The molecule has 2 unspecified atom stereocenters. The summed E-state index contributed by atoms with van der Waals surface area (Å²) in [4.78, 5) is 9.88. The van der Waals surface area contributed by atoms with Gasteiger partial charge in [-0.05, 0) is 0 Å². The molecule has 0 amide bonds. The van der Waals surface area contributed by atoms with Gasteiger partial charge in [-0.3, -0.25) is 4.79 Å². The third-order valence-corrected chi connectivity index (χ3v) is 1.20. The van der Waals surface area contributed by atoms with Crippen molar-refractivity contribution in [3.63, 3.8) is 0 Å². The normalized spacial score (nSPS) is 16.1. The molecule has 0 spiro atoms. The highest BCUT2D eigenvalue weighted by Gasteiger charge is 2.06. The summed E-state index contributed by atoms with van der Waals surface area (Å²) in [6, 6.07) is 0. The predicted octanol–water partition coefficient (Wildman–Crippen LogP) is 1.00. The van der Waals surface area contributed by atoms with E-state index in [0.29, 0.717) is 0 Å². The van der Waals surface area contributed by atoms with Gasteiger partial charge in [-0.2, -0.15) is 0 Å². The first-order valence-electron chi connectivity index (χ1n) is 2.56. The Hall–Kier alpha value is -0.770. The van der Waals surface area contributed by atoms with Gasteiger partial charge in [0.2, 0.25) is 6.29 Å². The van der Waals surface area contributed by atoms with Gasteiger partial charge in [0.15, 0.2) is 0 Å². The molecule has 0 bridgehead atoms. The molecule has 0 aliphatic rings. The zero-order chi connectivity index (χ0) is 6.57. The smallest absolute Gasteiger partial charge is 0.202 e. The first-order valence-corrected chi connectivity index (χ1v) is 2.56. The van der Waals surface area contributed by atoms with Gasteiger partial charge in [0.1, 0.15) is 0 Å². The molecule has 0 aromatic carbocycles. The highest BCUT2D eigenvalue weighted by molar-refractivity contribution is 5.55. The number of hydrogen-bond acceptors (Lipinski definition) is 1. The van der Waals surface area contributed by atoms with Crippen LogP contribution in [0.2, 0.25) is 0 Å². The van der Waals surface area contributed by atoms with Crippen LogP contribution in [0.1, 0.15) is 13.8 Å². The molecule has 0 aliphatic heterocycles. The summed E-state index contributed by atoms with van der Waals surface area (Å²) in [6.45, 7) is 3.59. The standard InChI is InChI=1S/C7H9O/c1-4-6(2)7(3)5-8/h1,6-7H,2-3H3. The Balaban J connectivity index is 3.66. The van der Waals surface area contributed by atoms with Crippen molar-refractivity contribution in [3.8, 4) is 12.3 Å². The second kappa shape index (κ2) is 3.26. The van der Waals surface area contributed by atoms with E-state index >= 15 is 0 Å². The summed E-state index contributed by atoms with van der Waals surface area (Å²) in [5.41, 5.74) is 0. The Kier molecular flexibility index (Phi) is 2.95. The molecule has 1 radical (unpaired) electrons. The first kappa shape index (κ1) is 7.23. The molecule has 43 valence electrons. The molecule has 0 aromatic rings. The fourth-order valence-corrected chi connectivity index (χ4v) is 0.246. The van der Waals surface area contributed by atoms with E-state index in [9.17, 15) is 4.79 Å². The van der Waals surface area contributed by atoms with Crippen molar-refractivity contribution >= 4 is 6.29 Å². The van der Waals surface area contributed by atoms with Gasteiger partial charge in [-0.25, -0.2) is 0 Å². The summed E-state index contributed by atoms with van der Waals surface area (Å²) in [5, 5.41) is 0. The summed E-state index contributed by atoms with van der Waals surface area (Å²) in [5.74, 6) is 2.35. The van der Waals surface area contributed by atoms with Crippen LogP contribution in [0, 0.1) is 24.2 Å². The van der Waals surface area contributed by atoms with Crippen molar-refractivity contribution < 1.29 is 4.79 Å². The van der Waals surface area contributed by atoms with Crippen molar-refractivity contribution in [1.29, 1.82) is 0 Å². The fourth-order valence-electron chi connectivity index (χ4n) is 0.246. The molecule has 0 rings (SSSR count). The topological polar surface area (TPSA) is 17.1 Å². The zero-order valence-corrected chi connectivity index (χ0v) is 5.14. The van der Waals surface area contributed by atoms with Crippen LogP contribution < -0.4 is 0 Å². The summed E-state index contributed by atoms with van der Waals surface area (Å²) in [6.07, 6.45) is 6.84. The average Bonchev–Trinajstić information content (AvgIpc) is 1.84. The monoisotopic (exact) mass is 109 g/mol. The van der Waals surface area contributed by atoms with E-state index in [2.05, 4.69) is 5.92 Å². The van der Waals surface area contributed by atoms with Gasteiger partial charge >= 0.3 is 0 Å². The lowest BCUT2D eigenvalue weighted by molar-refractivity contribution is 0.501. The average molecular weight is 109 g/mol. The maximum Gasteiger partial charge on any atom is 0.202 e. The Morgan fingerprint density at radius 3 is 2.00 bits per heavy atom. The van der Waals surface area contributed by atoms with Crippen LogP contribution in [0.15, 0.2) is 0 Å². The lowest BCUT2D eigenvalue weighted by Crippen LogP contribution is -2.05. The Morgan fingerprint density at radius 1 is 1.38 bits per heavy atom. The number of terminal acetylenes is 1. The van der Waals surface area contributed by atoms with Gasteiger partial charge in [0, 0.05) is 11.8 Å². The summed E-state index contributed by atoms with van der Waals surface area (Å²) in [7, 11) is 0. The molecule has 0 aromatic heterocycles. The van der Waals surface area contributed by atoms with E-state index in [1.807, 2.05) is 13.2 Å². The third-order valence-electron chi connectivity index (χ3n) is 1.20. The highest BCUT2D eigenvalue weighted by atomic mass is 16.1. The number of rotatable bonds is 2. The Labute approximate surface area is 50.1 Å². The fraction of sp³-hybridized carbons (Fsp3) is 0.571. The summed E-state index contributed by atoms with van der Waals surface area (Å²) >= 11 is 0. The van der Waals surface area contributed by atoms with Crippen LogP contribution in [0.3, 0.4) is 0 Å². The highest BCUT2D eigenvalue weighted by Crippen LogP contribution is 2.04. The lowest BCUT2D eigenvalue weighted by atomic mass is 9.99. The molecular formula is C7H9O. The SMILES string of the molecule is C#CC(C)C(C)[C]=O. The summed E-state index contributed by atoms with van der Waals surface area (Å²) < 4.78 is 0. The predicted molar refractivity (Wildman–Crippen MR) is 32.9 cm³/mol. The molecule has 0 heterocycles. The lowest BCUT2D eigenvalue weighted by Gasteiger charge is -2.02. The molecular weight excluding hydrogens is 100 g/mol. The number of hydrogen-bond donors (Lipinski definition) is 0. The van der Waals surface area contributed by atoms with Crippen LogP contribution in [0.4, 0.5) is 0 Å². The third kappa shape index (κ3) is 1.79. The van der Waals surface area contributed by atoms with Crippen molar-refractivity contribution in [2.24, 2.45) is 11.8 Å². The van der Waals surface area contributed by atoms with Crippen molar-refractivity contribution in [1.82, 2.24) is 0 Å². The minimum atomic E-state index is -0.125. The largest absolute Gasteiger partial charge is 0.291 e. The van der Waals surface area contributed by atoms with Crippen molar-refractivity contribution in [2.75, 3.05) is 0 Å². The molecule has 1 nitrogen and oxygen atoms in total. The maximum atomic E-state index is 9.88. The van der Waals surface area contributed by atoms with E-state index in [4.69, 9.17) is 6.42 Å². The van der Waals surface area contributed by atoms with Gasteiger partial charge in [0.25, 0.3) is 0 Å². The van der Waals surface area contributed by atoms with Gasteiger partial charge in [-0.15, -0.1) is 12.3 Å². The van der Waals surface area contributed by atoms with Crippen LogP contribution in [-0.4, -0.2) is 6.29 Å². The van der Waals surface area contributed by atoms with E-state index in [-0.39, 0.29) is 11.8 Å². The molecule has 0 aliphatic carbocycles. The van der Waals surface area contributed by atoms with E-state index in [1.165, 1.54) is 0 Å². The van der Waals surface area contributed by atoms with Crippen LogP contribution >= 0.6 is 0 Å². The maximum absolute atomic E-state index is 9.88. The van der Waals surface area contributed by atoms with Crippen LogP contribution in [0.25, 0.3) is 0 Å². The second-order valence-electron chi connectivity index (χ2n) is 1.86. The van der Waals surface area contributed by atoms with Crippen molar-refractivity contribution in [2.45, 2.75) is 13.8 Å². The van der Waals surface area contributed by atoms with Crippen LogP contribution in [0.5, 0.6) is 0 Å². The second-order valence-corrected chi connectivity index (χ2v) is 1.86. The van der Waals surface area contributed by atoms with E-state index in [1.54, 1.807) is 6.92 Å². The molecule has 0 saturated heterocycles. The minimum Gasteiger partial charge on any atom is -0.291 e. The Morgan fingerprint density at radius 2 is 1.88 bits per heavy atom. The zero-order valence-electron chi connectivity index (χ0n) is 5.14. The minimum absolute atomic E-state index is 0.0208. The first-order chi connectivity index (χ1) is 3.72. The number of carbonyl (C=O) groups excluding carboxylic acids is 1. The van der Waals surface area contributed by atoms with Gasteiger partial charge in [0.05, 0.1) is 0 Å². The van der Waals surface area contributed by atoms with Gasteiger partial charge in [-0.1, -0.05) is 13.8 Å². The van der Waals surface area contributed by atoms with E-state index in [0.717, 1.165) is 0 Å². The van der Waals surface area contributed by atoms with Gasteiger partial charge < -0.3 is 0 Å². The molecule has 0 fully saturated rings. The molecule has 0 N–H and O–H groups in total. The van der Waals surface area contributed by atoms with Crippen LogP contribution in [-0.2, 0) is 4.79 Å².